The predicted molar refractivity (Wildman–Crippen MR) is 169 cm³/mol. The Morgan fingerprint density at radius 3 is 2.47 bits per heavy atom. The van der Waals surface area contributed by atoms with Gasteiger partial charge < -0.3 is 34.5 Å². The molecule has 0 aliphatic carbocycles. The fourth-order valence-corrected chi connectivity index (χ4v) is 7.14. The highest BCUT2D eigenvalue weighted by molar-refractivity contribution is 7.56. The van der Waals surface area contributed by atoms with Crippen molar-refractivity contribution in [1.29, 1.82) is 5.26 Å². The summed E-state index contributed by atoms with van der Waals surface area (Å²) >= 11 is 0. The number of aromatic nitrogens is 3. The summed E-state index contributed by atoms with van der Waals surface area (Å²) in [5, 5.41) is 17.5. The van der Waals surface area contributed by atoms with Crippen molar-refractivity contribution >= 4 is 53.5 Å². The minimum atomic E-state index is -1.26. The molecule has 0 amide bonds. The molecular formula is C31H36FN8O2P. The molecule has 0 radical (unpaired) electrons. The molecule has 224 valence electrons. The number of hydrogen-bond donors (Lipinski definition) is 3. The number of hydrogen-bond acceptors (Lipinski definition) is 9. The van der Waals surface area contributed by atoms with Crippen LogP contribution in [-0.4, -0.2) is 66.3 Å². The van der Waals surface area contributed by atoms with Crippen molar-refractivity contribution in [2.24, 2.45) is 5.92 Å². The summed E-state index contributed by atoms with van der Waals surface area (Å²) in [6.07, 6.45) is 5.71. The van der Waals surface area contributed by atoms with Gasteiger partial charge in [0.25, 0.3) is 0 Å². The molecular weight excluding hydrogens is 566 g/mol. The van der Waals surface area contributed by atoms with E-state index in [9.17, 15) is 5.26 Å². The fourth-order valence-electron chi connectivity index (χ4n) is 6.07. The van der Waals surface area contributed by atoms with Gasteiger partial charge in [-0.3, -0.25) is 0 Å². The number of likely N-dealkylation sites (tertiary alicyclic amines) is 1. The lowest BCUT2D eigenvalue weighted by Crippen LogP contribution is -2.47. The third kappa shape index (κ3) is 6.43. The summed E-state index contributed by atoms with van der Waals surface area (Å²) in [4.78, 5) is 17.2. The molecule has 4 heterocycles. The first kappa shape index (κ1) is 29.3. The Balaban J connectivity index is 1.15. The van der Waals surface area contributed by atoms with Crippen molar-refractivity contribution in [1.82, 2.24) is 19.9 Å². The van der Waals surface area contributed by atoms with Crippen LogP contribution in [-0.2, 0) is 9.05 Å². The molecule has 3 N–H and O–H groups in total. The number of H-pyrrole nitrogens is 1. The Bertz CT molecular complexity index is 1590. The number of rotatable bonds is 9. The van der Waals surface area contributed by atoms with Crippen LogP contribution < -0.4 is 20.8 Å². The second-order valence-corrected chi connectivity index (χ2v) is 12.6. The number of benzene rings is 2. The van der Waals surface area contributed by atoms with E-state index in [4.69, 9.17) is 14.0 Å². The lowest BCUT2D eigenvalue weighted by atomic mass is 9.94. The summed E-state index contributed by atoms with van der Waals surface area (Å²) in [5.41, 5.74) is 2.64. The zero-order valence-corrected chi connectivity index (χ0v) is 25.3. The summed E-state index contributed by atoms with van der Waals surface area (Å²) in [5.74, 6) is 0.848. The van der Waals surface area contributed by atoms with Gasteiger partial charge in [-0.25, -0.2) is 4.39 Å². The van der Waals surface area contributed by atoms with Gasteiger partial charge in [0, 0.05) is 51.2 Å². The van der Waals surface area contributed by atoms with E-state index in [-0.39, 0.29) is 11.7 Å². The molecule has 2 aliphatic heterocycles. The van der Waals surface area contributed by atoms with E-state index >= 15 is 4.39 Å². The molecule has 2 aromatic heterocycles. The highest BCUT2D eigenvalue weighted by Gasteiger charge is 2.29. The maximum Gasteiger partial charge on any atom is 0.231 e. The van der Waals surface area contributed by atoms with E-state index in [2.05, 4.69) is 36.5 Å². The van der Waals surface area contributed by atoms with Crippen LogP contribution in [0.1, 0.15) is 25.7 Å². The number of nitriles is 1. The first-order valence-corrected chi connectivity index (χ1v) is 15.8. The van der Waals surface area contributed by atoms with Crippen LogP contribution in [0.4, 0.5) is 33.2 Å². The number of aromatic amines is 1. The number of para-hydroxylation sites is 1. The molecule has 0 spiro atoms. The zero-order valence-electron chi connectivity index (χ0n) is 24.4. The van der Waals surface area contributed by atoms with Gasteiger partial charge in [-0.2, -0.15) is 15.2 Å². The minimum Gasteiger partial charge on any atom is -0.369 e. The maximum atomic E-state index is 15.4. The lowest BCUT2D eigenvalue weighted by molar-refractivity contribution is 0.127. The van der Waals surface area contributed by atoms with Gasteiger partial charge in [0.1, 0.15) is 17.3 Å². The maximum absolute atomic E-state index is 15.4. The van der Waals surface area contributed by atoms with Crippen LogP contribution in [0.2, 0.25) is 0 Å². The number of halogens is 1. The van der Waals surface area contributed by atoms with Gasteiger partial charge in [0.15, 0.2) is 0 Å². The monoisotopic (exact) mass is 602 g/mol. The SMILES string of the molecule is COP(OC)c1ccccc1Nc1nc(Nc2ccc(N3CCC(N4CCC(C#N)CC4)CC3)c(F)c2)nc2[nH]ccc12. The van der Waals surface area contributed by atoms with Crippen molar-refractivity contribution < 1.29 is 13.4 Å². The topological polar surface area (TPSA) is 114 Å². The third-order valence-corrected chi connectivity index (χ3v) is 9.79. The summed E-state index contributed by atoms with van der Waals surface area (Å²) in [6, 6.07) is 17.8. The van der Waals surface area contributed by atoms with Crippen molar-refractivity contribution in [3.8, 4) is 6.07 Å². The van der Waals surface area contributed by atoms with E-state index in [1.54, 1.807) is 14.2 Å². The van der Waals surface area contributed by atoms with E-state index in [0.717, 1.165) is 68.2 Å². The van der Waals surface area contributed by atoms with Crippen molar-refractivity contribution in [3.05, 3.63) is 60.5 Å². The van der Waals surface area contributed by atoms with E-state index in [1.165, 1.54) is 6.07 Å². The van der Waals surface area contributed by atoms with Gasteiger partial charge in [0.05, 0.1) is 28.1 Å². The summed E-state index contributed by atoms with van der Waals surface area (Å²) in [7, 11) is 1.99. The Kier molecular flexibility index (Phi) is 9.00. The number of nitrogens with zero attached hydrogens (tertiary/aromatic N) is 5. The first-order chi connectivity index (χ1) is 21.1. The second kappa shape index (κ2) is 13.2. The molecule has 2 aromatic carbocycles. The molecule has 2 aliphatic rings. The third-order valence-electron chi connectivity index (χ3n) is 8.34. The molecule has 43 heavy (non-hydrogen) atoms. The van der Waals surface area contributed by atoms with Gasteiger partial charge in [-0.05, 0) is 75.2 Å². The van der Waals surface area contributed by atoms with Crippen molar-refractivity contribution in [3.63, 3.8) is 0 Å². The number of anilines is 5. The molecule has 12 heteroatoms. The average molecular weight is 603 g/mol. The normalized spacial score (nSPS) is 17.0. The molecule has 10 nitrogen and oxygen atoms in total. The molecule has 0 atom stereocenters. The van der Waals surface area contributed by atoms with E-state index in [0.29, 0.717) is 34.8 Å². The van der Waals surface area contributed by atoms with Crippen molar-refractivity contribution in [2.75, 3.05) is 55.9 Å². The van der Waals surface area contributed by atoms with E-state index < -0.39 is 8.38 Å². The average Bonchev–Trinajstić information content (AvgIpc) is 3.52. The van der Waals surface area contributed by atoms with Gasteiger partial charge in [-0.1, -0.05) is 12.1 Å². The van der Waals surface area contributed by atoms with E-state index in [1.807, 2.05) is 48.7 Å². The van der Waals surface area contributed by atoms with Crippen LogP contribution in [0, 0.1) is 23.1 Å². The largest absolute Gasteiger partial charge is 0.369 e. The predicted octanol–water partition coefficient (Wildman–Crippen LogP) is 6.02. The fraction of sp³-hybridized carbons (Fsp3) is 0.387. The van der Waals surface area contributed by atoms with Crippen LogP contribution in [0.5, 0.6) is 0 Å². The standard InChI is InChI=1S/C31H36FN8O2P/c1-41-43(42-2)28-6-4-3-5-26(28)36-30-24-9-14-34-29(24)37-31(38-30)35-22-7-8-27(25(32)19-22)40-17-12-23(13-18-40)39-15-10-21(20-33)11-16-39/h3-9,14,19,21,23H,10-13,15-18H2,1-2H3,(H3,34,35,36,37,38). The molecule has 0 saturated carbocycles. The molecule has 2 saturated heterocycles. The summed E-state index contributed by atoms with van der Waals surface area (Å²) in [6.45, 7) is 3.59. The second-order valence-electron chi connectivity index (χ2n) is 10.8. The quantitative estimate of drug-likeness (QED) is 0.198. The summed E-state index contributed by atoms with van der Waals surface area (Å²) < 4.78 is 26.5. The molecule has 2 fully saturated rings. The van der Waals surface area contributed by atoms with Crippen LogP contribution in [0.25, 0.3) is 11.0 Å². The molecule has 0 unspecified atom stereocenters. The highest BCUT2D eigenvalue weighted by atomic mass is 31.2. The smallest absolute Gasteiger partial charge is 0.231 e. The van der Waals surface area contributed by atoms with Crippen LogP contribution in [0.3, 0.4) is 0 Å². The lowest BCUT2D eigenvalue weighted by Gasteiger charge is -2.41. The Morgan fingerprint density at radius 1 is 0.977 bits per heavy atom. The number of piperidine rings is 2. The highest BCUT2D eigenvalue weighted by Crippen LogP contribution is 2.39. The Labute approximate surface area is 252 Å². The van der Waals surface area contributed by atoms with Crippen molar-refractivity contribution in [2.45, 2.75) is 31.7 Å². The molecule has 0 bridgehead atoms. The van der Waals surface area contributed by atoms with Gasteiger partial charge >= 0.3 is 0 Å². The molecule has 4 aromatic rings. The Hall–Kier alpha value is -3.81. The molecule has 6 rings (SSSR count). The van der Waals surface area contributed by atoms with Crippen LogP contribution >= 0.6 is 8.38 Å². The van der Waals surface area contributed by atoms with Crippen LogP contribution in [0.15, 0.2) is 54.7 Å². The first-order valence-electron chi connectivity index (χ1n) is 14.6. The minimum absolute atomic E-state index is 0.192. The van der Waals surface area contributed by atoms with Gasteiger partial charge in [0.2, 0.25) is 14.3 Å². The van der Waals surface area contributed by atoms with Gasteiger partial charge in [-0.15, -0.1) is 0 Å². The number of fused-ring (bicyclic) bond motifs is 1. The zero-order chi connectivity index (χ0) is 29.8. The Morgan fingerprint density at radius 2 is 1.74 bits per heavy atom. The number of nitrogens with one attached hydrogen (secondary N) is 3.